The maximum Gasteiger partial charge on any atom is 0.235 e. The average molecular weight is 367 g/mol. The van der Waals surface area contributed by atoms with E-state index in [0.29, 0.717) is 0 Å². The lowest BCUT2D eigenvalue weighted by molar-refractivity contribution is -0.122. The summed E-state index contributed by atoms with van der Waals surface area (Å²) in [6.45, 7) is -0.296. The fourth-order valence-electron chi connectivity index (χ4n) is 3.36. The summed E-state index contributed by atoms with van der Waals surface area (Å²) in [5.74, 6) is -0.559. The molecular weight excluding hydrogens is 340 g/mol. The Labute approximate surface area is 138 Å². The lowest BCUT2D eigenvalue weighted by Gasteiger charge is -2.26. The van der Waals surface area contributed by atoms with Crippen LogP contribution < -0.4 is 5.32 Å². The van der Waals surface area contributed by atoms with Gasteiger partial charge in [-0.1, -0.05) is 25.7 Å². The topological polar surface area (TPSA) is 101 Å². The number of hydrogen-bond donors (Lipinski definition) is 1. The van der Waals surface area contributed by atoms with Crippen molar-refractivity contribution in [2.45, 2.75) is 57.0 Å². The minimum absolute atomic E-state index is 0.0199. The van der Waals surface area contributed by atoms with Crippen molar-refractivity contribution in [3.8, 4) is 0 Å². The molecule has 1 amide bonds. The quantitative estimate of drug-likeness (QED) is 0.704. The van der Waals surface area contributed by atoms with Gasteiger partial charge in [0.05, 0.1) is 24.3 Å². The average Bonchev–Trinajstić information content (AvgIpc) is 2.62. The molecule has 23 heavy (non-hydrogen) atoms. The van der Waals surface area contributed by atoms with E-state index in [-0.39, 0.29) is 36.4 Å². The zero-order valence-electron chi connectivity index (χ0n) is 13.5. The highest BCUT2D eigenvalue weighted by Crippen LogP contribution is 2.21. The molecule has 1 saturated heterocycles. The third-order valence-corrected chi connectivity index (χ3v) is 7.59. The van der Waals surface area contributed by atoms with Crippen molar-refractivity contribution >= 4 is 25.8 Å². The van der Waals surface area contributed by atoms with Gasteiger partial charge in [0.25, 0.3) is 0 Å². The lowest BCUT2D eigenvalue weighted by atomic mass is 10.1. The molecule has 7 nitrogen and oxygen atoms in total. The van der Waals surface area contributed by atoms with Gasteiger partial charge >= 0.3 is 0 Å². The van der Waals surface area contributed by atoms with Crippen molar-refractivity contribution in [3.05, 3.63) is 0 Å². The normalized spacial score (nSPS) is 26.1. The van der Waals surface area contributed by atoms with E-state index < -0.39 is 25.9 Å². The van der Waals surface area contributed by atoms with Gasteiger partial charge in [0, 0.05) is 12.1 Å². The van der Waals surface area contributed by atoms with E-state index >= 15 is 0 Å². The molecule has 0 radical (unpaired) electrons. The Morgan fingerprint density at radius 3 is 2.22 bits per heavy atom. The van der Waals surface area contributed by atoms with Gasteiger partial charge in [0.1, 0.15) is 0 Å². The summed E-state index contributed by atoms with van der Waals surface area (Å²) in [5, 5.41) is 2.91. The maximum atomic E-state index is 12.2. The Bertz CT molecular complexity index is 622. The Morgan fingerprint density at radius 1 is 1.13 bits per heavy atom. The molecule has 1 atom stereocenters. The molecule has 1 aliphatic carbocycles. The first-order valence-electron chi connectivity index (χ1n) is 8.14. The Balaban J connectivity index is 1.99. The van der Waals surface area contributed by atoms with Crippen LogP contribution >= 0.6 is 0 Å². The Kier molecular flexibility index (Phi) is 6.07. The molecule has 0 bridgehead atoms. The molecule has 1 unspecified atom stereocenters. The van der Waals surface area contributed by atoms with Crippen LogP contribution in [0.4, 0.5) is 0 Å². The molecule has 0 spiro atoms. The van der Waals surface area contributed by atoms with Gasteiger partial charge in [-0.2, -0.15) is 4.31 Å². The van der Waals surface area contributed by atoms with Gasteiger partial charge in [-0.15, -0.1) is 0 Å². The van der Waals surface area contributed by atoms with E-state index in [1.807, 2.05) is 0 Å². The largest absolute Gasteiger partial charge is 0.352 e. The first-order valence-corrected chi connectivity index (χ1v) is 11.8. The minimum Gasteiger partial charge on any atom is -0.352 e. The predicted octanol–water partition coefficient (Wildman–Crippen LogP) is 0.274. The third kappa shape index (κ3) is 5.72. The fourth-order valence-corrected chi connectivity index (χ4v) is 6.26. The molecule has 0 aromatic rings. The highest BCUT2D eigenvalue weighted by Gasteiger charge is 2.37. The van der Waals surface area contributed by atoms with Crippen LogP contribution in [0.15, 0.2) is 0 Å². The van der Waals surface area contributed by atoms with Gasteiger partial charge < -0.3 is 5.32 Å². The number of sulfonamides is 1. The number of rotatable bonds is 5. The molecule has 2 fully saturated rings. The van der Waals surface area contributed by atoms with Gasteiger partial charge in [0.2, 0.25) is 15.9 Å². The number of nitrogens with one attached hydrogen (secondary N) is 1. The Morgan fingerprint density at radius 2 is 1.74 bits per heavy atom. The van der Waals surface area contributed by atoms with Crippen molar-refractivity contribution < 1.29 is 21.6 Å². The van der Waals surface area contributed by atoms with E-state index in [1.165, 1.54) is 12.8 Å². The first-order chi connectivity index (χ1) is 10.7. The summed E-state index contributed by atoms with van der Waals surface area (Å²) in [7, 11) is -6.84. The molecule has 2 aliphatic rings. The van der Waals surface area contributed by atoms with Gasteiger partial charge in [-0.3, -0.25) is 4.79 Å². The number of carbonyl (C=O) groups excluding carboxylic acids is 1. The summed E-state index contributed by atoms with van der Waals surface area (Å²) in [6, 6.07) is -0.534. The van der Waals surface area contributed by atoms with E-state index in [2.05, 4.69) is 5.32 Å². The summed E-state index contributed by atoms with van der Waals surface area (Å²) < 4.78 is 48.2. The van der Waals surface area contributed by atoms with E-state index in [9.17, 15) is 21.6 Å². The zero-order chi connectivity index (χ0) is 17.1. The number of amides is 1. The third-order valence-electron chi connectivity index (χ3n) is 4.56. The van der Waals surface area contributed by atoms with Crippen LogP contribution in [0.5, 0.6) is 0 Å². The second kappa shape index (κ2) is 7.48. The van der Waals surface area contributed by atoms with Gasteiger partial charge in [-0.05, 0) is 19.3 Å². The van der Waals surface area contributed by atoms with Crippen LogP contribution in [0.1, 0.15) is 44.9 Å². The maximum absolute atomic E-state index is 12.2. The van der Waals surface area contributed by atoms with Crippen LogP contribution in [-0.2, 0) is 24.7 Å². The molecule has 9 heteroatoms. The molecule has 0 aromatic heterocycles. The van der Waals surface area contributed by atoms with Crippen LogP contribution in [-0.4, -0.2) is 63.4 Å². The van der Waals surface area contributed by atoms with Crippen molar-refractivity contribution in [1.29, 1.82) is 0 Å². The van der Waals surface area contributed by atoms with Crippen molar-refractivity contribution in [2.24, 2.45) is 0 Å². The number of nitrogens with zero attached hydrogens (tertiary/aromatic N) is 1. The molecule has 1 N–H and O–H groups in total. The molecule has 2 rings (SSSR count). The monoisotopic (exact) mass is 366 g/mol. The van der Waals surface area contributed by atoms with Crippen LogP contribution in [0.3, 0.4) is 0 Å². The molecule has 134 valence electrons. The second-order valence-corrected chi connectivity index (χ2v) is 10.8. The fraction of sp³-hybridized carbons (Fsp3) is 0.929. The molecular formula is C14H26N2O5S2. The van der Waals surface area contributed by atoms with E-state index in [0.717, 1.165) is 36.2 Å². The summed E-state index contributed by atoms with van der Waals surface area (Å²) >= 11 is 0. The Hall–Kier alpha value is -0.670. The number of sulfone groups is 1. The summed E-state index contributed by atoms with van der Waals surface area (Å²) in [4.78, 5) is 12.2. The minimum atomic E-state index is -3.63. The first kappa shape index (κ1) is 18.7. The summed E-state index contributed by atoms with van der Waals surface area (Å²) in [6.07, 6.45) is 7.60. The van der Waals surface area contributed by atoms with Crippen molar-refractivity contribution in [3.63, 3.8) is 0 Å². The van der Waals surface area contributed by atoms with Crippen molar-refractivity contribution in [2.75, 3.05) is 24.3 Å². The number of carbonyl (C=O) groups is 1. The second-order valence-electron chi connectivity index (χ2n) is 6.62. The van der Waals surface area contributed by atoms with Gasteiger partial charge in [0.15, 0.2) is 9.84 Å². The highest BCUT2D eigenvalue weighted by molar-refractivity contribution is 7.92. The van der Waals surface area contributed by atoms with Crippen LogP contribution in [0.2, 0.25) is 0 Å². The smallest absolute Gasteiger partial charge is 0.235 e. The van der Waals surface area contributed by atoms with Crippen LogP contribution in [0, 0.1) is 0 Å². The molecule has 1 heterocycles. The molecule has 1 saturated carbocycles. The molecule has 1 aliphatic heterocycles. The lowest BCUT2D eigenvalue weighted by Crippen LogP contribution is -2.48. The molecule has 0 aromatic carbocycles. The SMILES string of the molecule is CS(=O)(=O)N(CC(=O)NC1CCCCCC1)C1CCS(=O)(=O)C1. The van der Waals surface area contributed by atoms with Crippen molar-refractivity contribution in [1.82, 2.24) is 9.62 Å². The summed E-state index contributed by atoms with van der Waals surface area (Å²) in [5.41, 5.74) is 0. The standard InChI is InChI=1S/C14H26N2O5S2/c1-22(18,19)16(13-8-9-23(20,21)11-13)10-14(17)15-12-6-4-2-3-5-7-12/h12-13H,2-11H2,1H3,(H,15,17). The number of hydrogen-bond acceptors (Lipinski definition) is 5. The van der Waals surface area contributed by atoms with Crippen LogP contribution in [0.25, 0.3) is 0 Å². The van der Waals surface area contributed by atoms with Gasteiger partial charge in [-0.25, -0.2) is 16.8 Å². The zero-order valence-corrected chi connectivity index (χ0v) is 15.2. The van der Waals surface area contributed by atoms with E-state index in [1.54, 1.807) is 0 Å². The van der Waals surface area contributed by atoms with E-state index in [4.69, 9.17) is 0 Å². The predicted molar refractivity (Wildman–Crippen MR) is 88.2 cm³/mol. The highest BCUT2D eigenvalue weighted by atomic mass is 32.2.